The molecule has 18 nitrogen and oxygen atoms in total. The molecule has 0 heterocycles. The van der Waals surface area contributed by atoms with Crippen LogP contribution in [-0.4, -0.2) is 464 Å². The number of rotatable bonds is 0. The summed E-state index contributed by atoms with van der Waals surface area (Å²) in [7, 11) is -35.2. The van der Waals surface area contributed by atoms with Crippen LogP contribution in [0.4, 0.5) is 24.6 Å². The summed E-state index contributed by atoms with van der Waals surface area (Å²) in [5.41, 5.74) is 0. The summed E-state index contributed by atoms with van der Waals surface area (Å²) in [5, 5.41) is 0. The Hall–Kier alpha value is 13.5. The van der Waals surface area contributed by atoms with Crippen molar-refractivity contribution >= 4 is 464 Å². The van der Waals surface area contributed by atoms with Gasteiger partial charge in [-0.05, 0) is 0 Å². The molecule has 0 saturated heterocycles. The van der Waals surface area contributed by atoms with Crippen molar-refractivity contribution in [2.24, 2.45) is 0 Å². The van der Waals surface area contributed by atoms with Crippen LogP contribution in [0.15, 0.2) is 0 Å². The van der Waals surface area contributed by atoms with Crippen LogP contribution in [0.5, 0.6) is 0 Å². The second kappa shape index (κ2) is 53.6. The van der Waals surface area contributed by atoms with Crippen LogP contribution in [0.3, 0.4) is 0 Å². The van der Waals surface area contributed by atoms with E-state index in [-0.39, 0.29) is 409 Å². The third kappa shape index (κ3) is 693. The zero-order valence-electron chi connectivity index (χ0n) is 19.0. The molecule has 0 radical (unpaired) electrons. The standard InChI is InChI=1S/6FO3Si.9Sr/c6*1-5(2,3)4;;;;;;;;;/q6*-3;9*+2. The Morgan fingerprint density at radius 1 is 0.179 bits per heavy atom. The Morgan fingerprint density at radius 3 is 0.179 bits per heavy atom. The molecule has 0 bridgehead atoms. The average Bonchev–Trinajstić information content (AvgIpc) is 1.94. The van der Waals surface area contributed by atoms with Gasteiger partial charge in [-0.1, -0.05) is 54.8 Å². The maximum atomic E-state index is 10.2. The van der Waals surface area contributed by atoms with Crippen LogP contribution >= 0.6 is 0 Å². The Kier molecular flexibility index (Phi) is 136. The third-order valence-electron chi connectivity index (χ3n) is 0. The van der Waals surface area contributed by atoms with E-state index >= 15 is 0 Å². The molecule has 39 heavy (non-hydrogen) atoms. The fourth-order valence-electron chi connectivity index (χ4n) is 0. The minimum Gasteiger partial charge on any atom is -0.857 e. The Bertz CT molecular complexity index is 258. The molecule has 0 atom stereocenters. The van der Waals surface area contributed by atoms with Crippen LogP contribution in [-0.2, 0) is 0 Å². The summed E-state index contributed by atoms with van der Waals surface area (Å²) in [6, 6.07) is 0. The van der Waals surface area contributed by atoms with Gasteiger partial charge in [0.15, 0.2) is 0 Å². The first-order valence-electron chi connectivity index (χ1n) is 4.81. The minimum absolute atomic E-state index is 0. The topological polar surface area (TPSA) is 415 Å². The van der Waals surface area contributed by atoms with Gasteiger partial charge in [0.05, 0.1) is 0 Å². The molecule has 192 valence electrons. The molecule has 0 aliphatic carbocycles. The van der Waals surface area contributed by atoms with Crippen LogP contribution in [0.1, 0.15) is 0 Å². The number of halogens is 6. The molecule has 0 aliphatic rings. The molecule has 0 spiro atoms. The largest absolute Gasteiger partial charge is 2.00 e. The Morgan fingerprint density at radius 2 is 0.179 bits per heavy atom. The van der Waals surface area contributed by atoms with Gasteiger partial charge >= 0.3 is 409 Å². The maximum Gasteiger partial charge on any atom is 2.00 e. The molecule has 0 rings (SSSR count). The molecule has 0 aromatic carbocycles. The molecule has 0 aromatic heterocycles. The van der Waals surface area contributed by atoms with Gasteiger partial charge in [-0.2, -0.15) is 0 Å². The van der Waals surface area contributed by atoms with Crippen molar-refractivity contribution in [2.75, 3.05) is 0 Å². The fraction of sp³-hybridized carbons (Fsp3) is 0. The quantitative estimate of drug-likeness (QED) is 0.123. The van der Waals surface area contributed by atoms with Gasteiger partial charge in [-0.25, -0.2) is 0 Å². The molecule has 0 N–H and O–H groups in total. The minimum atomic E-state index is -5.86. The van der Waals surface area contributed by atoms with E-state index in [1.807, 2.05) is 0 Å². The summed E-state index contributed by atoms with van der Waals surface area (Å²) in [6.07, 6.45) is 0. The Labute approximate surface area is 557 Å². The molecule has 0 saturated carbocycles. The smallest absolute Gasteiger partial charge is 0.857 e. The first kappa shape index (κ1) is 99.0. The SMILES string of the molecule is [O-][Si]([O-])([O-])F.[O-][Si]([O-])([O-])F.[O-][Si]([O-])([O-])F.[O-][Si]([O-])([O-])F.[O-][Si]([O-])([O-])F.[O-][Si]([O-])([O-])F.[Sr+2].[Sr+2].[Sr+2].[Sr+2].[Sr+2].[Sr+2].[Sr+2].[Sr+2].[Sr+2]. The second-order valence-electron chi connectivity index (χ2n) is 2.89. The van der Waals surface area contributed by atoms with Gasteiger partial charge in [0, 0.05) is 0 Å². The van der Waals surface area contributed by atoms with Crippen LogP contribution in [0.2, 0.25) is 0 Å². The predicted octanol–water partition coefficient (Wildman–Crippen LogP) is -24.6. The van der Waals surface area contributed by atoms with Crippen molar-refractivity contribution in [1.82, 2.24) is 0 Å². The van der Waals surface area contributed by atoms with Gasteiger partial charge in [0.2, 0.25) is 0 Å². The Balaban J connectivity index is -0.0000000130. The van der Waals surface area contributed by atoms with E-state index in [0.717, 1.165) is 0 Å². The maximum absolute atomic E-state index is 10.2. The number of hydrogen-bond donors (Lipinski definition) is 0. The van der Waals surface area contributed by atoms with Crippen molar-refractivity contribution in [1.29, 1.82) is 0 Å². The summed E-state index contributed by atoms with van der Waals surface area (Å²) < 4.78 is 61.0. The van der Waals surface area contributed by atoms with E-state index in [9.17, 15) is 24.6 Å². The molecule has 0 fully saturated rings. The zero-order chi connectivity index (χ0) is 27.0. The predicted molar refractivity (Wildman–Crippen MR) is 93.0 cm³/mol. The molecular formula is F6O18Si6Sr9. The van der Waals surface area contributed by atoms with Gasteiger partial charge in [0.1, 0.15) is 0 Å². The van der Waals surface area contributed by atoms with Crippen LogP contribution in [0, 0.1) is 0 Å². The average molecular weight is 1360 g/mol. The first-order chi connectivity index (χ1) is 12.0. The number of hydrogen-bond acceptors (Lipinski definition) is 18. The monoisotopic (exact) mass is 1360 g/mol. The molecular weight excluding hydrogens is 1360 g/mol. The van der Waals surface area contributed by atoms with E-state index in [4.69, 9.17) is 86.3 Å². The van der Waals surface area contributed by atoms with E-state index < -0.39 is 54.8 Å². The third-order valence-corrected chi connectivity index (χ3v) is 0. The molecule has 0 amide bonds. The van der Waals surface area contributed by atoms with Crippen molar-refractivity contribution in [3.63, 3.8) is 0 Å². The van der Waals surface area contributed by atoms with Crippen LogP contribution in [0.25, 0.3) is 0 Å². The van der Waals surface area contributed by atoms with Crippen molar-refractivity contribution < 1.29 is 111 Å². The zero-order valence-corrected chi connectivity index (χ0v) is 56.3. The second-order valence-corrected chi connectivity index (χ2v) is 8.67. The summed E-state index contributed by atoms with van der Waals surface area (Å²) in [6.45, 7) is 0. The summed E-state index contributed by atoms with van der Waals surface area (Å²) in [5.74, 6) is 0. The van der Waals surface area contributed by atoms with Crippen molar-refractivity contribution in [3.05, 3.63) is 0 Å². The van der Waals surface area contributed by atoms with E-state index in [0.29, 0.717) is 0 Å². The van der Waals surface area contributed by atoms with Crippen molar-refractivity contribution in [2.45, 2.75) is 0 Å². The van der Waals surface area contributed by atoms with Crippen molar-refractivity contribution in [3.8, 4) is 0 Å². The van der Waals surface area contributed by atoms with E-state index in [1.165, 1.54) is 0 Å². The molecule has 0 aromatic rings. The summed E-state index contributed by atoms with van der Waals surface area (Å²) >= 11 is 0. The molecule has 0 aliphatic heterocycles. The van der Waals surface area contributed by atoms with E-state index in [2.05, 4.69) is 0 Å². The fourth-order valence-corrected chi connectivity index (χ4v) is 0. The molecule has 0 unspecified atom stereocenters. The van der Waals surface area contributed by atoms with Crippen LogP contribution < -0.4 is 86.3 Å². The normalized spacial score (nSPS) is 9.23. The van der Waals surface area contributed by atoms with Gasteiger partial charge in [-0.15, -0.1) is 0 Å². The first-order valence-corrected chi connectivity index (χ1v) is 14.4. The van der Waals surface area contributed by atoms with Gasteiger partial charge in [-0.3, -0.25) is 0 Å². The van der Waals surface area contributed by atoms with Gasteiger partial charge < -0.3 is 111 Å². The van der Waals surface area contributed by atoms with E-state index in [1.54, 1.807) is 0 Å². The molecule has 39 heteroatoms. The summed E-state index contributed by atoms with van der Waals surface area (Å²) in [4.78, 5) is 152. The van der Waals surface area contributed by atoms with Gasteiger partial charge in [0.25, 0.3) is 0 Å².